The molecule has 0 saturated heterocycles. The first-order chi connectivity index (χ1) is 14.2. The summed E-state index contributed by atoms with van der Waals surface area (Å²) in [4.78, 5) is 38.0. The lowest BCUT2D eigenvalue weighted by molar-refractivity contribution is -0.384. The van der Waals surface area contributed by atoms with Gasteiger partial charge >= 0.3 is 11.9 Å². The average Bonchev–Trinajstić information content (AvgIpc) is 2.69. The standard InChI is InChI=1S/C21H27N3O6/c1-13-17(20(25)29-5)19(15-7-9-16(10-8-15)24(27)28)18(14(2)22-13)21(26)30-12-6-11-23(3)4/h7-10,19,22H,6,11-12H2,1-5H3. The van der Waals surface area contributed by atoms with Gasteiger partial charge in [-0.15, -0.1) is 0 Å². The maximum atomic E-state index is 13.0. The second kappa shape index (κ2) is 10.0. The van der Waals surface area contributed by atoms with Crippen LogP contribution in [0, 0.1) is 10.1 Å². The highest BCUT2D eigenvalue weighted by Gasteiger charge is 2.37. The number of carbonyl (C=O) groups is 2. The van der Waals surface area contributed by atoms with E-state index in [0.717, 1.165) is 6.54 Å². The van der Waals surface area contributed by atoms with Crippen LogP contribution in [0.15, 0.2) is 46.8 Å². The van der Waals surface area contributed by atoms with Gasteiger partial charge < -0.3 is 19.7 Å². The predicted molar refractivity (Wildman–Crippen MR) is 111 cm³/mol. The molecule has 162 valence electrons. The minimum Gasteiger partial charge on any atom is -0.466 e. The molecule has 0 fully saturated rings. The van der Waals surface area contributed by atoms with Gasteiger partial charge in [0.2, 0.25) is 0 Å². The van der Waals surface area contributed by atoms with Gasteiger partial charge in [0.25, 0.3) is 5.69 Å². The number of benzene rings is 1. The molecule has 1 aromatic rings. The number of ether oxygens (including phenoxy) is 2. The van der Waals surface area contributed by atoms with Crippen LogP contribution in [0.4, 0.5) is 5.69 Å². The number of nitro groups is 1. The van der Waals surface area contributed by atoms with Gasteiger partial charge in [0, 0.05) is 30.1 Å². The highest BCUT2D eigenvalue weighted by molar-refractivity contribution is 5.99. The van der Waals surface area contributed by atoms with Crippen molar-refractivity contribution >= 4 is 17.6 Å². The molecular formula is C21H27N3O6. The maximum absolute atomic E-state index is 13.0. The van der Waals surface area contributed by atoms with Crippen molar-refractivity contribution in [3.63, 3.8) is 0 Å². The second-order valence-corrected chi connectivity index (χ2v) is 7.27. The van der Waals surface area contributed by atoms with E-state index in [2.05, 4.69) is 5.32 Å². The van der Waals surface area contributed by atoms with E-state index in [1.165, 1.54) is 31.4 Å². The molecule has 1 heterocycles. The van der Waals surface area contributed by atoms with E-state index < -0.39 is 22.8 Å². The van der Waals surface area contributed by atoms with Crippen LogP contribution in [0.2, 0.25) is 0 Å². The molecule has 0 bridgehead atoms. The Morgan fingerprint density at radius 3 is 2.17 bits per heavy atom. The number of esters is 2. The summed E-state index contributed by atoms with van der Waals surface area (Å²) in [7, 11) is 5.13. The molecule has 0 aromatic heterocycles. The second-order valence-electron chi connectivity index (χ2n) is 7.27. The van der Waals surface area contributed by atoms with Crippen molar-refractivity contribution in [1.82, 2.24) is 10.2 Å². The maximum Gasteiger partial charge on any atom is 0.336 e. The number of carbonyl (C=O) groups excluding carboxylic acids is 2. The molecule has 1 aromatic carbocycles. The average molecular weight is 417 g/mol. The van der Waals surface area contributed by atoms with Crippen LogP contribution >= 0.6 is 0 Å². The molecule has 2 rings (SSSR count). The zero-order chi connectivity index (χ0) is 22.4. The number of dihydropyridines is 1. The Balaban J connectivity index is 2.43. The highest BCUT2D eigenvalue weighted by atomic mass is 16.6. The summed E-state index contributed by atoms with van der Waals surface area (Å²) >= 11 is 0. The molecule has 9 heteroatoms. The first kappa shape index (κ1) is 23.1. The number of nitrogens with zero attached hydrogens (tertiary/aromatic N) is 2. The number of allylic oxidation sites excluding steroid dienone is 2. The minimum absolute atomic E-state index is 0.0819. The normalized spacial score (nSPS) is 16.4. The lowest BCUT2D eigenvalue weighted by atomic mass is 9.80. The van der Waals surface area contributed by atoms with Gasteiger partial charge in [-0.05, 0) is 39.9 Å². The molecule has 0 saturated carbocycles. The molecule has 9 nitrogen and oxygen atoms in total. The topological polar surface area (TPSA) is 111 Å². The Morgan fingerprint density at radius 1 is 1.10 bits per heavy atom. The monoisotopic (exact) mass is 417 g/mol. The van der Waals surface area contributed by atoms with E-state index in [1.807, 2.05) is 19.0 Å². The van der Waals surface area contributed by atoms with Gasteiger partial charge in [0.1, 0.15) is 0 Å². The van der Waals surface area contributed by atoms with E-state index >= 15 is 0 Å². The van der Waals surface area contributed by atoms with E-state index in [9.17, 15) is 19.7 Å². The van der Waals surface area contributed by atoms with Crippen molar-refractivity contribution in [2.75, 3.05) is 34.4 Å². The molecule has 0 amide bonds. The molecule has 0 aliphatic carbocycles. The van der Waals surface area contributed by atoms with Crippen molar-refractivity contribution in [2.45, 2.75) is 26.2 Å². The first-order valence-electron chi connectivity index (χ1n) is 9.50. The highest BCUT2D eigenvalue weighted by Crippen LogP contribution is 2.39. The molecule has 1 unspecified atom stereocenters. The third-order valence-electron chi connectivity index (χ3n) is 4.81. The van der Waals surface area contributed by atoms with E-state index in [-0.39, 0.29) is 23.4 Å². The fourth-order valence-corrected chi connectivity index (χ4v) is 3.39. The van der Waals surface area contributed by atoms with Crippen LogP contribution in [-0.4, -0.2) is 56.1 Å². The summed E-state index contributed by atoms with van der Waals surface area (Å²) in [5, 5.41) is 14.1. The molecule has 1 N–H and O–H groups in total. The minimum atomic E-state index is -0.763. The quantitative estimate of drug-likeness (QED) is 0.297. The third-order valence-corrected chi connectivity index (χ3v) is 4.81. The van der Waals surface area contributed by atoms with Crippen LogP contribution in [0.3, 0.4) is 0 Å². The van der Waals surface area contributed by atoms with Crippen molar-refractivity contribution in [1.29, 1.82) is 0 Å². The van der Waals surface area contributed by atoms with Crippen molar-refractivity contribution in [2.24, 2.45) is 0 Å². The van der Waals surface area contributed by atoms with E-state index in [1.54, 1.807) is 13.8 Å². The van der Waals surface area contributed by atoms with Crippen LogP contribution in [-0.2, 0) is 19.1 Å². The third kappa shape index (κ3) is 5.24. The van der Waals surface area contributed by atoms with Gasteiger partial charge in [-0.25, -0.2) is 9.59 Å². The lowest BCUT2D eigenvalue weighted by Crippen LogP contribution is -2.32. The number of nitrogens with one attached hydrogen (secondary N) is 1. The van der Waals surface area contributed by atoms with Crippen molar-refractivity contribution in [3.8, 4) is 0 Å². The SMILES string of the molecule is COC(=O)C1=C(C)NC(C)=C(C(=O)OCCCN(C)C)C1c1ccc([N+](=O)[O-])cc1. The van der Waals surface area contributed by atoms with Gasteiger partial charge in [-0.2, -0.15) is 0 Å². The number of hydrogen-bond donors (Lipinski definition) is 1. The molecule has 30 heavy (non-hydrogen) atoms. The smallest absolute Gasteiger partial charge is 0.336 e. The van der Waals surface area contributed by atoms with Gasteiger partial charge in [-0.1, -0.05) is 12.1 Å². The molecule has 0 radical (unpaired) electrons. The van der Waals surface area contributed by atoms with Gasteiger partial charge in [0.05, 0.1) is 35.7 Å². The molecule has 1 atom stereocenters. The number of non-ortho nitro benzene ring substituents is 1. The Morgan fingerprint density at radius 2 is 1.67 bits per heavy atom. The largest absolute Gasteiger partial charge is 0.466 e. The predicted octanol–water partition coefficient (Wildman–Crippen LogP) is 2.50. The van der Waals surface area contributed by atoms with Crippen molar-refractivity contribution in [3.05, 3.63) is 62.5 Å². The summed E-state index contributed by atoms with van der Waals surface area (Å²) in [5.74, 6) is -1.90. The van der Waals surface area contributed by atoms with Crippen LogP contribution < -0.4 is 5.32 Å². The summed E-state index contributed by atoms with van der Waals surface area (Å²) in [6.45, 7) is 4.44. The first-order valence-corrected chi connectivity index (χ1v) is 9.50. The fourth-order valence-electron chi connectivity index (χ4n) is 3.39. The number of nitro benzene ring substituents is 1. The zero-order valence-corrected chi connectivity index (χ0v) is 17.9. The van der Waals surface area contributed by atoms with Crippen LogP contribution in [0.25, 0.3) is 0 Å². The van der Waals surface area contributed by atoms with E-state index in [0.29, 0.717) is 23.4 Å². The Kier molecular flexibility index (Phi) is 7.71. The molecule has 1 aliphatic heterocycles. The zero-order valence-electron chi connectivity index (χ0n) is 17.9. The van der Waals surface area contributed by atoms with E-state index in [4.69, 9.17) is 9.47 Å². The number of rotatable bonds is 8. The summed E-state index contributed by atoms with van der Waals surface area (Å²) in [5.41, 5.74) is 2.12. The summed E-state index contributed by atoms with van der Waals surface area (Å²) in [6.07, 6.45) is 0.666. The van der Waals surface area contributed by atoms with Crippen LogP contribution in [0.5, 0.6) is 0 Å². The Labute approximate surface area is 175 Å². The summed E-state index contributed by atoms with van der Waals surface area (Å²) < 4.78 is 10.4. The lowest BCUT2D eigenvalue weighted by Gasteiger charge is -2.30. The number of methoxy groups -OCH3 is 1. The van der Waals surface area contributed by atoms with Gasteiger partial charge in [0.15, 0.2) is 0 Å². The molecule has 1 aliphatic rings. The fraction of sp³-hybridized carbons (Fsp3) is 0.429. The van der Waals surface area contributed by atoms with Crippen molar-refractivity contribution < 1.29 is 24.0 Å². The Hall–Kier alpha value is -3.20. The van der Waals surface area contributed by atoms with Crippen LogP contribution in [0.1, 0.15) is 31.7 Å². The summed E-state index contributed by atoms with van der Waals surface area (Å²) in [6, 6.07) is 5.77. The Bertz CT molecular complexity index is 887. The molecule has 0 spiro atoms. The molecular weight excluding hydrogens is 390 g/mol. The number of hydrogen-bond acceptors (Lipinski definition) is 8. The van der Waals surface area contributed by atoms with Gasteiger partial charge in [-0.3, -0.25) is 10.1 Å².